The third-order valence-electron chi connectivity index (χ3n) is 9.27. The zero-order valence-electron chi connectivity index (χ0n) is 35.3. The summed E-state index contributed by atoms with van der Waals surface area (Å²) in [6.45, 7) is -4.73. The van der Waals surface area contributed by atoms with Gasteiger partial charge >= 0.3 is 11.9 Å². The molecule has 24 heteroatoms. The van der Waals surface area contributed by atoms with Gasteiger partial charge in [-0.25, -0.2) is 9.59 Å². The minimum Gasteiger partial charge on any atom is -0.494 e. The first-order valence-electron chi connectivity index (χ1n) is 20.6. The molecule has 357 valence electrons. The highest BCUT2D eigenvalue weighted by molar-refractivity contribution is 5.95. The molecule has 0 fully saturated rings. The highest BCUT2D eigenvalue weighted by atomic mass is 16.5. The Morgan fingerprint density at radius 3 is 1.44 bits per heavy atom. The average Bonchev–Trinajstić information content (AvgIpc) is 3.27. The van der Waals surface area contributed by atoms with Crippen LogP contribution in [-0.4, -0.2) is 167 Å². The quantitative estimate of drug-likeness (QED) is 0.0291. The van der Waals surface area contributed by atoms with Gasteiger partial charge in [-0.05, 0) is 43.5 Å². The van der Waals surface area contributed by atoms with Gasteiger partial charge in [0.05, 0.1) is 51.7 Å². The number of amides is 7. The van der Waals surface area contributed by atoms with Crippen LogP contribution in [0.15, 0.2) is 24.3 Å². The molecular formula is C40H60N7O17. The number of rotatable bonds is 35. The molecule has 0 bridgehead atoms. The SMILES string of the molecule is O=[C]CNC(=O)[C@H](CO)NC(=O)[C@H](CO)NC(=O)CNC(=O)[C@H](CO)NC(=O)[C@H](CO)NC(=O)CC[C@H](NC(=O)CCCCCCCCCCCOc1ccc(C(=O)O)cc1)C(=O)O. The normalized spacial score (nSPS) is 13.1. The number of carboxylic acid groups (broad SMARTS) is 2. The third kappa shape index (κ3) is 23.3. The molecule has 0 unspecified atom stereocenters. The van der Waals surface area contributed by atoms with E-state index in [1.807, 2.05) is 10.6 Å². The maximum atomic E-state index is 12.7. The molecule has 0 aliphatic carbocycles. The van der Waals surface area contributed by atoms with E-state index in [1.54, 1.807) is 12.1 Å². The highest BCUT2D eigenvalue weighted by Gasteiger charge is 2.29. The van der Waals surface area contributed by atoms with E-state index in [2.05, 4.69) is 26.6 Å². The molecule has 13 N–H and O–H groups in total. The lowest BCUT2D eigenvalue weighted by atomic mass is 10.1. The Balaban J connectivity index is 2.38. The monoisotopic (exact) mass is 910 g/mol. The van der Waals surface area contributed by atoms with Crippen LogP contribution >= 0.6 is 0 Å². The van der Waals surface area contributed by atoms with Crippen molar-refractivity contribution in [2.75, 3.05) is 46.1 Å². The van der Waals surface area contributed by atoms with Crippen LogP contribution in [0.25, 0.3) is 0 Å². The maximum Gasteiger partial charge on any atom is 0.335 e. The summed E-state index contributed by atoms with van der Waals surface area (Å²) < 4.78 is 5.63. The molecule has 1 radical (unpaired) electrons. The number of nitrogens with one attached hydrogen (secondary N) is 7. The van der Waals surface area contributed by atoms with Crippen LogP contribution in [0.5, 0.6) is 5.75 Å². The van der Waals surface area contributed by atoms with Crippen molar-refractivity contribution in [1.82, 2.24) is 37.2 Å². The van der Waals surface area contributed by atoms with E-state index >= 15 is 0 Å². The predicted octanol–water partition coefficient (Wildman–Crippen LogP) is -3.74. The van der Waals surface area contributed by atoms with Crippen molar-refractivity contribution in [3.63, 3.8) is 0 Å². The summed E-state index contributed by atoms with van der Waals surface area (Å²) in [7, 11) is 0. The number of benzene rings is 1. The van der Waals surface area contributed by atoms with Crippen LogP contribution in [0.4, 0.5) is 0 Å². The average molecular weight is 911 g/mol. The lowest BCUT2D eigenvalue weighted by molar-refractivity contribution is -0.142. The van der Waals surface area contributed by atoms with Crippen LogP contribution in [-0.2, 0) is 43.2 Å². The van der Waals surface area contributed by atoms with Gasteiger partial charge in [0.15, 0.2) is 0 Å². The van der Waals surface area contributed by atoms with Crippen molar-refractivity contribution in [3.05, 3.63) is 29.8 Å². The molecule has 0 aromatic heterocycles. The number of carbonyl (C=O) groups is 9. The minimum absolute atomic E-state index is 0.0731. The first kappa shape index (κ1) is 55.8. The second-order valence-corrected chi connectivity index (χ2v) is 14.3. The summed E-state index contributed by atoms with van der Waals surface area (Å²) in [5.74, 6) is -8.57. The topological polar surface area (TPSA) is 386 Å². The molecule has 0 aliphatic heterocycles. The van der Waals surface area contributed by atoms with Gasteiger partial charge in [0.1, 0.15) is 36.0 Å². The Kier molecular flexibility index (Phi) is 28.3. The Hall–Kier alpha value is -6.24. The fourth-order valence-electron chi connectivity index (χ4n) is 5.68. The molecule has 7 amide bonds. The van der Waals surface area contributed by atoms with Gasteiger partial charge in [-0.2, -0.15) is 0 Å². The van der Waals surface area contributed by atoms with Gasteiger partial charge in [-0.15, -0.1) is 0 Å². The summed E-state index contributed by atoms with van der Waals surface area (Å²) in [5.41, 5.74) is 0.197. The summed E-state index contributed by atoms with van der Waals surface area (Å²) >= 11 is 0. The Morgan fingerprint density at radius 1 is 0.516 bits per heavy atom. The molecule has 0 aliphatic rings. The lowest BCUT2D eigenvalue weighted by Crippen LogP contribution is -2.58. The van der Waals surface area contributed by atoms with Crippen LogP contribution in [0.3, 0.4) is 0 Å². The second kappa shape index (κ2) is 32.4. The molecular weight excluding hydrogens is 850 g/mol. The summed E-state index contributed by atoms with van der Waals surface area (Å²) in [6.07, 6.45) is 8.70. The maximum absolute atomic E-state index is 12.7. The number of carboxylic acids is 2. The number of hydrogen-bond acceptors (Lipinski definition) is 15. The molecule has 64 heavy (non-hydrogen) atoms. The Bertz CT molecular complexity index is 1680. The molecule has 0 heterocycles. The number of hydrogen-bond donors (Lipinski definition) is 13. The van der Waals surface area contributed by atoms with Crippen LogP contribution in [0.1, 0.15) is 87.4 Å². The van der Waals surface area contributed by atoms with Crippen molar-refractivity contribution in [3.8, 4) is 5.75 Å². The summed E-state index contributed by atoms with van der Waals surface area (Å²) in [6, 6.07) is -1.79. The van der Waals surface area contributed by atoms with E-state index < -0.39 is 129 Å². The number of unbranched alkanes of at least 4 members (excludes halogenated alkanes) is 8. The second-order valence-electron chi connectivity index (χ2n) is 14.3. The predicted molar refractivity (Wildman–Crippen MR) is 222 cm³/mol. The smallest absolute Gasteiger partial charge is 0.335 e. The molecule has 5 atom stereocenters. The lowest BCUT2D eigenvalue weighted by Gasteiger charge is -2.22. The van der Waals surface area contributed by atoms with E-state index in [9.17, 15) is 73.5 Å². The van der Waals surface area contributed by atoms with Crippen LogP contribution < -0.4 is 42.0 Å². The van der Waals surface area contributed by atoms with Crippen molar-refractivity contribution < 1.29 is 83.3 Å². The van der Waals surface area contributed by atoms with Crippen LogP contribution in [0.2, 0.25) is 0 Å². The van der Waals surface area contributed by atoms with Crippen molar-refractivity contribution in [2.45, 2.75) is 107 Å². The highest BCUT2D eigenvalue weighted by Crippen LogP contribution is 2.14. The van der Waals surface area contributed by atoms with E-state index in [1.165, 1.54) is 18.4 Å². The molecule has 0 saturated heterocycles. The number of aromatic carboxylic acids is 1. The van der Waals surface area contributed by atoms with Crippen molar-refractivity contribution in [1.29, 1.82) is 0 Å². The van der Waals surface area contributed by atoms with Crippen LogP contribution in [0, 0.1) is 0 Å². The summed E-state index contributed by atoms with van der Waals surface area (Å²) in [5, 5.41) is 71.6. The minimum atomic E-state index is -1.72. The first-order valence-corrected chi connectivity index (χ1v) is 20.6. The molecule has 1 rings (SSSR count). The fourth-order valence-corrected chi connectivity index (χ4v) is 5.68. The standard InChI is InChI=1S/C40H60N7O17/c48-18-17-41-35(56)28(21-49)46-38(59)31(24-52)45-34(55)20-42-36(57)29(22-50)47-37(58)30(23-51)44-33(54)16-15-27(40(62)63)43-32(53)10-8-6-4-2-1-3-5-7-9-19-64-26-13-11-25(12-14-26)39(60)61/h11-14,27-31,49-52H,1-10,15-17,19-24H2,(H,41,56)(H,42,57)(H,43,53)(H,44,54)(H,45,55)(H,46,59)(H,47,58)(H,60,61)(H,62,63)/t27-,28-,29-,30-,31-/m0/s1. The number of aliphatic hydroxyl groups is 4. The number of carbonyl (C=O) groups excluding carboxylic acids is 8. The first-order chi connectivity index (χ1) is 30.6. The van der Waals surface area contributed by atoms with Crippen molar-refractivity contribution >= 4 is 59.6 Å². The number of aliphatic carboxylic acids is 1. The molecule has 1 aromatic rings. The number of aliphatic hydroxyl groups excluding tert-OH is 4. The largest absolute Gasteiger partial charge is 0.494 e. The molecule has 0 spiro atoms. The van der Waals surface area contributed by atoms with E-state index in [4.69, 9.17) is 9.84 Å². The zero-order valence-corrected chi connectivity index (χ0v) is 35.3. The van der Waals surface area contributed by atoms with E-state index in [0.29, 0.717) is 18.8 Å². The summed E-state index contributed by atoms with van der Waals surface area (Å²) in [4.78, 5) is 120. The van der Waals surface area contributed by atoms with Gasteiger partial charge in [-0.1, -0.05) is 44.9 Å². The Labute approximate surface area is 368 Å². The third-order valence-corrected chi connectivity index (χ3v) is 9.27. The van der Waals surface area contributed by atoms with Gasteiger partial charge in [0, 0.05) is 12.8 Å². The number of ether oxygens (including phenoxy) is 1. The van der Waals surface area contributed by atoms with Crippen molar-refractivity contribution in [2.24, 2.45) is 0 Å². The molecule has 1 aromatic carbocycles. The van der Waals surface area contributed by atoms with E-state index in [-0.39, 0.29) is 18.4 Å². The van der Waals surface area contributed by atoms with Gasteiger partial charge < -0.3 is 72.6 Å². The molecule has 0 saturated carbocycles. The van der Waals surface area contributed by atoms with Gasteiger partial charge in [0.25, 0.3) is 0 Å². The zero-order chi connectivity index (χ0) is 47.9. The van der Waals surface area contributed by atoms with Gasteiger partial charge in [-0.3, -0.25) is 38.4 Å². The molecule has 24 nitrogen and oxygen atoms in total. The Morgan fingerprint density at radius 2 is 0.953 bits per heavy atom. The van der Waals surface area contributed by atoms with E-state index in [0.717, 1.165) is 51.4 Å². The van der Waals surface area contributed by atoms with Gasteiger partial charge in [0.2, 0.25) is 47.6 Å². The fraction of sp³-hybridized carbons (Fsp3) is 0.600.